The number of hydrogen-bond donors (Lipinski definition) is 1. The third kappa shape index (κ3) is 5.20. The minimum atomic E-state index is -3.68. The van der Waals surface area contributed by atoms with Gasteiger partial charge in [0.1, 0.15) is 0 Å². The van der Waals surface area contributed by atoms with Crippen LogP contribution in [0, 0.1) is 0 Å². The van der Waals surface area contributed by atoms with E-state index in [-0.39, 0.29) is 12.3 Å². The van der Waals surface area contributed by atoms with Crippen molar-refractivity contribution in [2.24, 2.45) is 0 Å². The molecule has 0 unspecified atom stereocenters. The van der Waals surface area contributed by atoms with E-state index in [0.717, 1.165) is 11.1 Å². The lowest BCUT2D eigenvalue weighted by Crippen LogP contribution is -2.35. The summed E-state index contributed by atoms with van der Waals surface area (Å²) in [6, 6.07) is 10.2. The number of nitrogens with one attached hydrogen (secondary N) is 1. The van der Waals surface area contributed by atoms with Gasteiger partial charge in [0.05, 0.1) is 26.2 Å². The molecule has 1 aliphatic rings. The zero-order chi connectivity index (χ0) is 21.2. The Balaban J connectivity index is 1.78. The molecule has 10 heteroatoms. The van der Waals surface area contributed by atoms with Crippen molar-refractivity contribution in [1.29, 1.82) is 0 Å². The minimum absolute atomic E-state index is 0.236. The highest BCUT2D eigenvalue weighted by molar-refractivity contribution is 7.91. The number of anilines is 1. The summed E-state index contributed by atoms with van der Waals surface area (Å²) in [7, 11) is -3.98. The van der Waals surface area contributed by atoms with E-state index >= 15 is 0 Å². The van der Waals surface area contributed by atoms with Crippen molar-refractivity contribution < 1.29 is 26.3 Å². The first kappa shape index (κ1) is 21.4. The summed E-state index contributed by atoms with van der Waals surface area (Å²) in [5, 5.41) is 0. The summed E-state index contributed by atoms with van der Waals surface area (Å²) >= 11 is 0. The fraction of sp³-hybridized carbons (Fsp3) is 0.368. The van der Waals surface area contributed by atoms with Gasteiger partial charge in [-0.05, 0) is 47.4 Å². The van der Waals surface area contributed by atoms with E-state index in [1.807, 2.05) is 6.07 Å². The first-order chi connectivity index (χ1) is 13.6. The summed E-state index contributed by atoms with van der Waals surface area (Å²) in [6.45, 7) is 0.662. The second-order valence-corrected chi connectivity index (χ2v) is 10.6. The van der Waals surface area contributed by atoms with E-state index in [1.54, 1.807) is 30.3 Å². The van der Waals surface area contributed by atoms with Crippen LogP contribution < -0.4 is 14.2 Å². The maximum absolute atomic E-state index is 12.6. The van der Waals surface area contributed by atoms with Gasteiger partial charge in [-0.2, -0.15) is 4.31 Å². The Morgan fingerprint density at radius 2 is 1.69 bits per heavy atom. The van der Waals surface area contributed by atoms with Crippen molar-refractivity contribution in [2.45, 2.75) is 18.7 Å². The zero-order valence-corrected chi connectivity index (χ0v) is 18.1. The van der Waals surface area contributed by atoms with Gasteiger partial charge in [-0.15, -0.1) is 0 Å². The molecule has 0 saturated carbocycles. The topological polar surface area (TPSA) is 102 Å². The van der Waals surface area contributed by atoms with Crippen LogP contribution in [0.3, 0.4) is 0 Å². The van der Waals surface area contributed by atoms with Gasteiger partial charge in [-0.25, -0.2) is 16.8 Å². The summed E-state index contributed by atoms with van der Waals surface area (Å²) in [4.78, 5) is 0. The van der Waals surface area contributed by atoms with Crippen LogP contribution in [0.2, 0.25) is 0 Å². The number of methoxy groups -OCH3 is 2. The molecule has 2 aromatic rings. The summed E-state index contributed by atoms with van der Waals surface area (Å²) in [6.07, 6.45) is 1.77. The molecule has 29 heavy (non-hydrogen) atoms. The van der Waals surface area contributed by atoms with Crippen molar-refractivity contribution in [3.05, 3.63) is 53.1 Å². The molecule has 1 N–H and O–H groups in total. The van der Waals surface area contributed by atoms with E-state index in [2.05, 4.69) is 4.72 Å². The van der Waals surface area contributed by atoms with Gasteiger partial charge in [0, 0.05) is 18.8 Å². The Hall–Kier alpha value is -2.30. The van der Waals surface area contributed by atoms with Crippen LogP contribution in [0.25, 0.3) is 0 Å². The largest absolute Gasteiger partial charge is 0.493 e. The highest BCUT2D eigenvalue weighted by atomic mass is 32.2. The normalized spacial score (nSPS) is 14.9. The average Bonchev–Trinajstić information content (AvgIpc) is 2.65. The van der Waals surface area contributed by atoms with Crippen LogP contribution in [0.4, 0.5) is 5.69 Å². The molecule has 2 aromatic carbocycles. The van der Waals surface area contributed by atoms with Gasteiger partial charge in [0.15, 0.2) is 11.5 Å². The van der Waals surface area contributed by atoms with Gasteiger partial charge in [-0.1, -0.05) is 12.1 Å². The molecule has 0 saturated heterocycles. The Labute approximate surface area is 171 Å². The van der Waals surface area contributed by atoms with E-state index in [9.17, 15) is 16.8 Å². The monoisotopic (exact) mass is 440 g/mol. The summed E-state index contributed by atoms with van der Waals surface area (Å²) < 4.78 is 63.2. The molecule has 158 valence electrons. The van der Waals surface area contributed by atoms with E-state index in [1.165, 1.54) is 24.8 Å². The second-order valence-electron chi connectivity index (χ2n) is 6.88. The predicted octanol–water partition coefficient (Wildman–Crippen LogP) is 1.96. The zero-order valence-electron chi connectivity index (χ0n) is 16.5. The quantitative estimate of drug-likeness (QED) is 0.706. The van der Waals surface area contributed by atoms with Crippen molar-refractivity contribution in [3.63, 3.8) is 0 Å². The van der Waals surface area contributed by atoms with Gasteiger partial charge < -0.3 is 9.47 Å². The van der Waals surface area contributed by atoms with Crippen LogP contribution in [0.1, 0.15) is 16.7 Å². The molecule has 0 spiro atoms. The highest BCUT2D eigenvalue weighted by Crippen LogP contribution is 2.29. The second kappa shape index (κ2) is 8.21. The number of sulfonamides is 2. The number of rotatable bonds is 7. The average molecular weight is 441 g/mol. The molecular formula is C19H24N2O6S2. The number of nitrogens with zero attached hydrogens (tertiary/aromatic N) is 1. The predicted molar refractivity (Wildman–Crippen MR) is 111 cm³/mol. The van der Waals surface area contributed by atoms with Crippen LogP contribution >= 0.6 is 0 Å². The third-order valence-corrected chi connectivity index (χ3v) is 7.24. The highest BCUT2D eigenvalue weighted by Gasteiger charge is 2.23. The smallest absolute Gasteiger partial charge is 0.236 e. The summed E-state index contributed by atoms with van der Waals surface area (Å²) in [5.74, 6) is 0.737. The Kier molecular flexibility index (Phi) is 6.06. The third-order valence-electron chi connectivity index (χ3n) is 4.73. The number of fused-ring (bicyclic) bond motifs is 1. The van der Waals surface area contributed by atoms with Crippen LogP contribution in [0.5, 0.6) is 11.5 Å². The molecule has 0 aromatic heterocycles. The van der Waals surface area contributed by atoms with Gasteiger partial charge in [0.2, 0.25) is 20.0 Å². The van der Waals surface area contributed by atoms with E-state index in [4.69, 9.17) is 9.47 Å². The van der Waals surface area contributed by atoms with Crippen molar-refractivity contribution >= 4 is 25.7 Å². The van der Waals surface area contributed by atoms with Crippen LogP contribution in [-0.2, 0) is 38.8 Å². The molecule has 0 fully saturated rings. The minimum Gasteiger partial charge on any atom is -0.493 e. The lowest BCUT2D eigenvalue weighted by atomic mass is 10.0. The van der Waals surface area contributed by atoms with Crippen molar-refractivity contribution in [2.75, 3.05) is 31.7 Å². The first-order valence-electron chi connectivity index (χ1n) is 8.89. The molecule has 3 rings (SSSR count). The number of ether oxygens (including phenoxy) is 2. The maximum atomic E-state index is 12.6. The van der Waals surface area contributed by atoms with Crippen molar-refractivity contribution in [3.8, 4) is 11.5 Å². The molecule has 0 bridgehead atoms. The molecule has 1 heterocycles. The maximum Gasteiger partial charge on any atom is 0.236 e. The molecule has 1 aliphatic heterocycles. The Morgan fingerprint density at radius 1 is 0.966 bits per heavy atom. The number of hydrogen-bond acceptors (Lipinski definition) is 6. The SMILES string of the molecule is COc1ccc(CS(=O)(=O)Nc2ccc3c(c2)CN(S(C)(=O)=O)CC3)cc1OC. The lowest BCUT2D eigenvalue weighted by Gasteiger charge is -2.27. The van der Waals surface area contributed by atoms with Gasteiger partial charge in [0.25, 0.3) is 0 Å². The molecule has 8 nitrogen and oxygen atoms in total. The first-order valence-corrected chi connectivity index (χ1v) is 12.4. The Bertz CT molecular complexity index is 1110. The molecule has 0 amide bonds. The van der Waals surface area contributed by atoms with Crippen LogP contribution in [0.15, 0.2) is 36.4 Å². The number of benzene rings is 2. The van der Waals surface area contributed by atoms with Gasteiger partial charge in [-0.3, -0.25) is 4.72 Å². The van der Waals surface area contributed by atoms with Crippen molar-refractivity contribution in [1.82, 2.24) is 4.31 Å². The fourth-order valence-electron chi connectivity index (χ4n) is 3.28. The standard InChI is InChI=1S/C19H24N2O6S2/c1-26-18-7-4-14(10-19(18)27-2)13-29(24,25)20-17-6-5-15-8-9-21(28(3,22)23)12-16(15)11-17/h4-7,10-11,20H,8-9,12-13H2,1-3H3. The lowest BCUT2D eigenvalue weighted by molar-refractivity contribution is 0.354. The van der Waals surface area contributed by atoms with Crippen LogP contribution in [-0.4, -0.2) is 48.2 Å². The molecule has 0 atom stereocenters. The molecule has 0 aliphatic carbocycles. The molecular weight excluding hydrogens is 416 g/mol. The van der Waals surface area contributed by atoms with E-state index in [0.29, 0.717) is 35.7 Å². The van der Waals surface area contributed by atoms with E-state index < -0.39 is 20.0 Å². The fourth-order valence-corrected chi connectivity index (χ4v) is 5.26. The summed E-state index contributed by atoms with van der Waals surface area (Å²) in [5.41, 5.74) is 2.77. The Morgan fingerprint density at radius 3 is 2.34 bits per heavy atom. The van der Waals surface area contributed by atoms with Gasteiger partial charge >= 0.3 is 0 Å². The molecule has 0 radical (unpaired) electrons.